The van der Waals surface area contributed by atoms with Gasteiger partial charge in [-0.2, -0.15) is 4.31 Å². The molecule has 1 atom stereocenters. The third-order valence-corrected chi connectivity index (χ3v) is 7.16. The highest BCUT2D eigenvalue weighted by molar-refractivity contribution is 7.89. The summed E-state index contributed by atoms with van der Waals surface area (Å²) in [6, 6.07) is 6.57. The average Bonchev–Trinajstić information content (AvgIpc) is 2.96. The van der Waals surface area contributed by atoms with Gasteiger partial charge in [0.05, 0.1) is 5.02 Å². The average molecular weight is 487 g/mol. The molecule has 1 saturated heterocycles. The molecule has 1 aliphatic heterocycles. The van der Waals surface area contributed by atoms with Crippen molar-refractivity contribution in [2.24, 2.45) is 0 Å². The van der Waals surface area contributed by atoms with Gasteiger partial charge in [-0.1, -0.05) is 11.6 Å². The van der Waals surface area contributed by atoms with Crippen molar-refractivity contribution in [3.8, 4) is 0 Å². The number of benzene rings is 2. The van der Waals surface area contributed by atoms with Gasteiger partial charge in [0.1, 0.15) is 22.6 Å². The van der Waals surface area contributed by atoms with Crippen molar-refractivity contribution >= 4 is 39.2 Å². The Bertz CT molecular complexity index is 1140. The molecule has 0 aromatic heterocycles. The van der Waals surface area contributed by atoms with Gasteiger partial charge in [0.15, 0.2) is 0 Å². The van der Waals surface area contributed by atoms with E-state index in [-0.39, 0.29) is 35.8 Å². The Balaban J connectivity index is 1.81. The molecule has 1 N–H and O–H groups in total. The number of esters is 1. The second-order valence-corrected chi connectivity index (χ2v) is 9.61. The van der Waals surface area contributed by atoms with E-state index in [2.05, 4.69) is 5.32 Å². The lowest BCUT2D eigenvalue weighted by Crippen LogP contribution is -2.33. The molecular weight excluding hydrogens is 466 g/mol. The summed E-state index contributed by atoms with van der Waals surface area (Å²) in [6.45, 7) is 1.46. The molecule has 1 unspecified atom stereocenters. The number of hydrogen-bond donors (Lipinski definition) is 1. The molecule has 7 nitrogen and oxygen atoms in total. The number of ether oxygens (including phenoxy) is 1. The topological polar surface area (TPSA) is 92.8 Å². The van der Waals surface area contributed by atoms with Gasteiger partial charge in [0.25, 0.3) is 5.91 Å². The van der Waals surface area contributed by atoms with Crippen molar-refractivity contribution in [1.29, 1.82) is 0 Å². The Morgan fingerprint density at radius 3 is 2.50 bits per heavy atom. The smallest absolute Gasteiger partial charge is 0.302 e. The largest absolute Gasteiger partial charge is 0.463 e. The molecule has 0 bridgehead atoms. The summed E-state index contributed by atoms with van der Waals surface area (Å²) >= 11 is 5.70. The van der Waals surface area contributed by atoms with Crippen LogP contribution in [0.15, 0.2) is 41.3 Å². The van der Waals surface area contributed by atoms with Gasteiger partial charge in [0.2, 0.25) is 10.0 Å². The minimum atomic E-state index is -4.24. The second kappa shape index (κ2) is 9.93. The summed E-state index contributed by atoms with van der Waals surface area (Å²) in [4.78, 5) is 23.1. The highest BCUT2D eigenvalue weighted by atomic mass is 35.5. The third kappa shape index (κ3) is 5.62. The first-order chi connectivity index (χ1) is 15.1. The Morgan fingerprint density at radius 1 is 1.09 bits per heavy atom. The number of nitrogens with one attached hydrogen (secondary N) is 1. The van der Waals surface area contributed by atoms with Crippen molar-refractivity contribution in [1.82, 2.24) is 4.31 Å². The van der Waals surface area contributed by atoms with Crippen LogP contribution >= 0.6 is 11.6 Å². The molecule has 11 heteroatoms. The van der Waals surface area contributed by atoms with Gasteiger partial charge in [-0.15, -0.1) is 0 Å². The lowest BCUT2D eigenvalue weighted by molar-refractivity contribution is -0.146. The number of carbonyl (C=O) groups excluding carboxylic acids is 2. The van der Waals surface area contributed by atoms with Crippen molar-refractivity contribution < 1.29 is 31.5 Å². The van der Waals surface area contributed by atoms with E-state index >= 15 is 0 Å². The molecule has 3 rings (SSSR count). The lowest BCUT2D eigenvalue weighted by Gasteiger charge is -2.21. The zero-order valence-electron chi connectivity index (χ0n) is 17.1. The van der Waals surface area contributed by atoms with E-state index < -0.39 is 44.5 Å². The molecule has 2 aromatic carbocycles. The molecule has 1 heterocycles. The van der Waals surface area contributed by atoms with Crippen LogP contribution in [0.3, 0.4) is 0 Å². The highest BCUT2D eigenvalue weighted by Gasteiger charge is 2.31. The van der Waals surface area contributed by atoms with E-state index in [9.17, 15) is 26.8 Å². The first kappa shape index (κ1) is 24.1. The third-order valence-electron chi connectivity index (χ3n) is 4.96. The Morgan fingerprint density at radius 2 is 1.81 bits per heavy atom. The van der Waals surface area contributed by atoms with Gasteiger partial charge in [-0.3, -0.25) is 9.59 Å². The minimum Gasteiger partial charge on any atom is -0.463 e. The highest BCUT2D eigenvalue weighted by Crippen LogP contribution is 2.26. The van der Waals surface area contributed by atoms with Gasteiger partial charge in [0, 0.05) is 31.3 Å². The summed E-state index contributed by atoms with van der Waals surface area (Å²) in [5.74, 6) is -2.81. The van der Waals surface area contributed by atoms with Gasteiger partial charge >= 0.3 is 5.97 Å². The molecule has 0 spiro atoms. The zero-order valence-corrected chi connectivity index (χ0v) is 18.7. The predicted octanol–water partition coefficient (Wildman–Crippen LogP) is 3.98. The predicted molar refractivity (Wildman–Crippen MR) is 114 cm³/mol. The van der Waals surface area contributed by atoms with Crippen LogP contribution in [0.1, 0.15) is 36.5 Å². The van der Waals surface area contributed by atoms with Gasteiger partial charge in [-0.05, 0) is 55.7 Å². The van der Waals surface area contributed by atoms with Crippen LogP contribution in [0.5, 0.6) is 0 Å². The Kier molecular flexibility index (Phi) is 7.47. The first-order valence-corrected chi connectivity index (χ1v) is 11.6. The molecule has 32 heavy (non-hydrogen) atoms. The molecule has 1 aliphatic rings. The SMILES string of the molecule is CC(=O)OC1CCCN(S(=O)(=O)c2cc(C(=O)Nc3ccc(F)c(Cl)c3)ccc2F)CC1. The molecule has 1 fully saturated rings. The van der Waals surface area contributed by atoms with Crippen LogP contribution in [-0.4, -0.2) is 43.8 Å². The number of amides is 1. The van der Waals surface area contributed by atoms with Crippen LogP contribution in [0, 0.1) is 11.6 Å². The maximum absolute atomic E-state index is 14.5. The van der Waals surface area contributed by atoms with Crippen LogP contribution < -0.4 is 5.32 Å². The molecule has 0 aliphatic carbocycles. The number of halogens is 3. The quantitative estimate of drug-likeness (QED) is 0.645. The normalized spacial score (nSPS) is 17.4. The van der Waals surface area contributed by atoms with E-state index in [1.165, 1.54) is 19.1 Å². The fourth-order valence-electron chi connectivity index (χ4n) is 3.39. The minimum absolute atomic E-state index is 0.0459. The van der Waals surface area contributed by atoms with Gasteiger partial charge in [-0.25, -0.2) is 17.2 Å². The number of anilines is 1. The number of hydrogen-bond acceptors (Lipinski definition) is 5. The second-order valence-electron chi connectivity index (χ2n) is 7.29. The van der Waals surface area contributed by atoms with E-state index in [0.29, 0.717) is 12.8 Å². The molecule has 0 radical (unpaired) electrons. The van der Waals surface area contributed by atoms with Crippen molar-refractivity contribution in [2.45, 2.75) is 37.2 Å². The van der Waals surface area contributed by atoms with E-state index in [4.69, 9.17) is 16.3 Å². The van der Waals surface area contributed by atoms with Crippen molar-refractivity contribution in [3.63, 3.8) is 0 Å². The molecule has 1 amide bonds. The molecular formula is C21H21ClF2N2O5S. The number of rotatable bonds is 5. The summed E-state index contributed by atoms with van der Waals surface area (Å²) in [6.07, 6.45) is 0.810. The monoisotopic (exact) mass is 486 g/mol. The standard InChI is InChI=1S/C21H21ClF2N2O5S/c1-13(27)31-16-3-2-9-26(10-8-16)32(29,30)20-11-14(4-6-19(20)24)21(28)25-15-5-7-18(23)17(22)12-15/h4-7,11-12,16H,2-3,8-10H2,1H3,(H,25,28). The summed E-state index contributed by atoms with van der Waals surface area (Å²) in [7, 11) is -4.24. The van der Waals surface area contributed by atoms with E-state index in [0.717, 1.165) is 28.6 Å². The van der Waals surface area contributed by atoms with E-state index in [1.54, 1.807) is 0 Å². The number of nitrogens with zero attached hydrogens (tertiary/aromatic N) is 1. The Hall–Kier alpha value is -2.56. The summed E-state index contributed by atoms with van der Waals surface area (Å²) in [5.41, 5.74) is 0.0946. The maximum Gasteiger partial charge on any atom is 0.302 e. The molecule has 0 saturated carbocycles. The fourth-order valence-corrected chi connectivity index (χ4v) is 5.16. The summed E-state index contributed by atoms with van der Waals surface area (Å²) in [5, 5.41) is 2.27. The summed E-state index contributed by atoms with van der Waals surface area (Å²) < 4.78 is 60.3. The number of sulfonamides is 1. The van der Waals surface area contributed by atoms with Crippen molar-refractivity contribution in [2.75, 3.05) is 18.4 Å². The van der Waals surface area contributed by atoms with Crippen molar-refractivity contribution in [3.05, 3.63) is 58.6 Å². The van der Waals surface area contributed by atoms with Gasteiger partial charge < -0.3 is 10.1 Å². The molecule has 2 aromatic rings. The molecule has 172 valence electrons. The van der Waals surface area contributed by atoms with Crippen LogP contribution in [0.4, 0.5) is 14.5 Å². The van der Waals surface area contributed by atoms with Crippen LogP contribution in [0.25, 0.3) is 0 Å². The lowest BCUT2D eigenvalue weighted by atomic mass is 10.2. The number of carbonyl (C=O) groups is 2. The van der Waals surface area contributed by atoms with Crippen LogP contribution in [0.2, 0.25) is 5.02 Å². The first-order valence-electron chi connectivity index (χ1n) is 9.81. The van der Waals surface area contributed by atoms with E-state index in [1.807, 2.05) is 0 Å². The Labute approximate surface area is 189 Å². The van der Waals surface area contributed by atoms with Crippen LogP contribution in [-0.2, 0) is 19.6 Å². The fraction of sp³-hybridized carbons (Fsp3) is 0.333. The zero-order chi connectivity index (χ0) is 23.5. The maximum atomic E-state index is 14.5.